The predicted molar refractivity (Wildman–Crippen MR) is 131 cm³/mol. The lowest BCUT2D eigenvalue weighted by molar-refractivity contribution is -0.117. The summed E-state index contributed by atoms with van der Waals surface area (Å²) in [5.41, 5.74) is 2.96. The third-order valence-corrected chi connectivity index (χ3v) is 7.11. The Morgan fingerprint density at radius 2 is 1.97 bits per heavy atom. The van der Waals surface area contributed by atoms with Crippen LogP contribution in [0.1, 0.15) is 18.4 Å². The number of carbonyl (C=O) groups is 1. The molecule has 0 bridgehead atoms. The van der Waals surface area contributed by atoms with Crippen LogP contribution < -0.4 is 15.0 Å². The van der Waals surface area contributed by atoms with Crippen molar-refractivity contribution in [1.82, 2.24) is 10.2 Å². The van der Waals surface area contributed by atoms with Crippen LogP contribution in [0.4, 0.5) is 5.69 Å². The molecule has 32 heavy (non-hydrogen) atoms. The summed E-state index contributed by atoms with van der Waals surface area (Å²) in [6.45, 7) is 5.74. The number of anilines is 1. The molecule has 6 nitrogen and oxygen atoms in total. The Kier molecular flexibility index (Phi) is 7.60. The fraction of sp³-hybridized carbons (Fsp3) is 0.400. The maximum absolute atomic E-state index is 12.6. The average Bonchev–Trinajstić information content (AvgIpc) is 2.83. The lowest BCUT2D eigenvalue weighted by Gasteiger charge is -2.36. The van der Waals surface area contributed by atoms with Gasteiger partial charge in [-0.05, 0) is 61.4 Å². The summed E-state index contributed by atoms with van der Waals surface area (Å²) >= 11 is 1.70. The monoisotopic (exact) mass is 453 g/mol. The number of nitrogens with one attached hydrogen (secondary N) is 1. The molecule has 1 amide bonds. The molecule has 2 aliphatic heterocycles. The molecule has 0 spiro atoms. The molecule has 0 unspecified atom stereocenters. The molecule has 2 aliphatic rings. The highest BCUT2D eigenvalue weighted by Crippen LogP contribution is 2.34. The van der Waals surface area contributed by atoms with Crippen LogP contribution in [0.3, 0.4) is 0 Å². The number of piperazine rings is 1. The zero-order valence-electron chi connectivity index (χ0n) is 18.5. The molecule has 2 aromatic rings. The van der Waals surface area contributed by atoms with Gasteiger partial charge < -0.3 is 20.1 Å². The number of methoxy groups -OCH3 is 1. The fourth-order valence-electron chi connectivity index (χ4n) is 4.11. The zero-order chi connectivity index (χ0) is 22.3. The molecule has 4 rings (SSSR count). The van der Waals surface area contributed by atoms with E-state index in [1.54, 1.807) is 24.9 Å². The van der Waals surface area contributed by atoms with E-state index in [1.165, 1.54) is 4.90 Å². The highest BCUT2D eigenvalue weighted by atomic mass is 32.2. The molecule has 2 heterocycles. The van der Waals surface area contributed by atoms with E-state index < -0.39 is 0 Å². The van der Waals surface area contributed by atoms with Crippen LogP contribution in [0.25, 0.3) is 6.08 Å². The van der Waals surface area contributed by atoms with Gasteiger partial charge >= 0.3 is 0 Å². The number of fused-ring (bicyclic) bond motifs is 1. The molecule has 1 saturated heterocycles. The third kappa shape index (κ3) is 5.78. The van der Waals surface area contributed by atoms with Gasteiger partial charge in [0.1, 0.15) is 11.5 Å². The van der Waals surface area contributed by atoms with E-state index in [9.17, 15) is 9.90 Å². The number of phenolic OH excluding ortho intramolecular Hbond substituents is 1. The van der Waals surface area contributed by atoms with E-state index in [0.29, 0.717) is 18.0 Å². The van der Waals surface area contributed by atoms with Gasteiger partial charge in [-0.1, -0.05) is 6.07 Å². The third-order valence-electron chi connectivity index (χ3n) is 5.98. The van der Waals surface area contributed by atoms with Gasteiger partial charge in [0.15, 0.2) is 0 Å². The molecular weight excluding hydrogens is 422 g/mol. The molecular formula is C25H31N3O3S. The predicted octanol–water partition coefficient (Wildman–Crippen LogP) is 3.61. The van der Waals surface area contributed by atoms with E-state index in [4.69, 9.17) is 4.74 Å². The first-order valence-electron chi connectivity index (χ1n) is 11.2. The molecule has 7 heteroatoms. The number of nitrogens with zero attached hydrogens (tertiary/aromatic N) is 2. The molecule has 0 atom stereocenters. The van der Waals surface area contributed by atoms with Crippen LogP contribution in [0.15, 0.2) is 52.9 Å². The number of benzene rings is 2. The van der Waals surface area contributed by atoms with Crippen molar-refractivity contribution in [2.45, 2.75) is 17.7 Å². The summed E-state index contributed by atoms with van der Waals surface area (Å²) in [6, 6.07) is 13.5. The number of phenols is 1. The molecule has 0 saturated carbocycles. The first-order valence-corrected chi connectivity index (χ1v) is 12.2. The maximum Gasteiger partial charge on any atom is 0.248 e. The first kappa shape index (κ1) is 22.6. The summed E-state index contributed by atoms with van der Waals surface area (Å²) in [6.07, 6.45) is 4.03. The Labute approximate surface area is 194 Å². The van der Waals surface area contributed by atoms with Gasteiger partial charge in [0.05, 0.1) is 7.11 Å². The molecule has 170 valence electrons. The Bertz CT molecular complexity index is 971. The second kappa shape index (κ2) is 10.8. The van der Waals surface area contributed by atoms with Crippen LogP contribution in [0, 0.1) is 0 Å². The van der Waals surface area contributed by atoms with Gasteiger partial charge in [-0.2, -0.15) is 0 Å². The molecule has 0 radical (unpaired) electrons. The van der Waals surface area contributed by atoms with Crippen molar-refractivity contribution in [2.75, 3.05) is 57.0 Å². The summed E-state index contributed by atoms with van der Waals surface area (Å²) in [5.74, 6) is 1.86. The van der Waals surface area contributed by atoms with Gasteiger partial charge in [0.25, 0.3) is 0 Å². The molecule has 2 aromatic carbocycles. The quantitative estimate of drug-likeness (QED) is 0.596. The summed E-state index contributed by atoms with van der Waals surface area (Å²) in [5, 5.41) is 12.8. The van der Waals surface area contributed by atoms with Crippen LogP contribution in [0.2, 0.25) is 0 Å². The number of unbranched alkanes of at least 4 members (excludes halogenated alkanes) is 1. The van der Waals surface area contributed by atoms with Crippen molar-refractivity contribution < 1.29 is 14.6 Å². The fourth-order valence-corrected chi connectivity index (χ4v) is 5.08. The SMILES string of the molecule is COc1ccc2c(c1)C=C(C(=O)NCCCCN1CCN(c3cccc(O)c3)CC1)CS2. The minimum atomic E-state index is 0.0331. The Morgan fingerprint density at radius 1 is 1.12 bits per heavy atom. The average molecular weight is 454 g/mol. The van der Waals surface area contributed by atoms with Gasteiger partial charge in [-0.25, -0.2) is 0 Å². The Hall–Kier alpha value is -2.64. The summed E-state index contributed by atoms with van der Waals surface area (Å²) in [7, 11) is 1.66. The normalized spacial score (nSPS) is 16.3. The van der Waals surface area contributed by atoms with Crippen LogP contribution in [-0.2, 0) is 4.79 Å². The number of hydrogen-bond donors (Lipinski definition) is 2. The van der Waals surface area contributed by atoms with E-state index in [2.05, 4.69) is 15.1 Å². The van der Waals surface area contributed by atoms with Crippen LogP contribution >= 0.6 is 11.8 Å². The number of rotatable bonds is 8. The topological polar surface area (TPSA) is 65.0 Å². The van der Waals surface area contributed by atoms with Crippen molar-refractivity contribution in [2.24, 2.45) is 0 Å². The number of carbonyl (C=O) groups excluding carboxylic acids is 1. The van der Waals surface area contributed by atoms with Gasteiger partial charge in [-0.3, -0.25) is 9.69 Å². The molecule has 2 N–H and O–H groups in total. The van der Waals surface area contributed by atoms with E-state index >= 15 is 0 Å². The molecule has 1 fully saturated rings. The number of hydrogen-bond acceptors (Lipinski definition) is 6. The van der Waals surface area contributed by atoms with Gasteiger partial charge in [0, 0.05) is 60.7 Å². The van der Waals surface area contributed by atoms with Crippen molar-refractivity contribution in [1.29, 1.82) is 0 Å². The van der Waals surface area contributed by atoms with Crippen LogP contribution in [0.5, 0.6) is 11.5 Å². The smallest absolute Gasteiger partial charge is 0.248 e. The molecule has 0 aromatic heterocycles. The second-order valence-electron chi connectivity index (χ2n) is 8.17. The van der Waals surface area contributed by atoms with Crippen molar-refractivity contribution in [3.05, 3.63) is 53.6 Å². The van der Waals surface area contributed by atoms with E-state index in [1.807, 2.05) is 42.5 Å². The van der Waals surface area contributed by atoms with Gasteiger partial charge in [0.2, 0.25) is 5.91 Å². The number of ether oxygens (including phenoxy) is 1. The van der Waals surface area contributed by atoms with Crippen molar-refractivity contribution in [3.8, 4) is 11.5 Å². The minimum absolute atomic E-state index is 0.0331. The highest BCUT2D eigenvalue weighted by Gasteiger charge is 2.18. The standard InChI is InChI=1S/C25H31N3O3S/c1-31-23-7-8-24-19(16-23)15-20(18-32-24)25(30)26-9-2-3-10-27-11-13-28(14-12-27)21-5-4-6-22(29)17-21/h4-8,15-17,29H,2-3,9-14,18H2,1H3,(H,26,30). The van der Waals surface area contributed by atoms with Crippen molar-refractivity contribution >= 4 is 29.4 Å². The second-order valence-corrected chi connectivity index (χ2v) is 9.19. The molecule has 0 aliphatic carbocycles. The van der Waals surface area contributed by atoms with E-state index in [0.717, 1.165) is 68.1 Å². The Morgan fingerprint density at radius 3 is 2.75 bits per heavy atom. The first-order chi connectivity index (χ1) is 15.6. The lowest BCUT2D eigenvalue weighted by Crippen LogP contribution is -2.46. The minimum Gasteiger partial charge on any atom is -0.508 e. The number of thioether (sulfide) groups is 1. The van der Waals surface area contributed by atoms with Gasteiger partial charge in [-0.15, -0.1) is 11.8 Å². The summed E-state index contributed by atoms with van der Waals surface area (Å²) in [4.78, 5) is 18.5. The number of aromatic hydroxyl groups is 1. The van der Waals surface area contributed by atoms with Crippen LogP contribution in [-0.4, -0.2) is 68.0 Å². The van der Waals surface area contributed by atoms with Crippen molar-refractivity contribution in [3.63, 3.8) is 0 Å². The highest BCUT2D eigenvalue weighted by molar-refractivity contribution is 7.99. The largest absolute Gasteiger partial charge is 0.508 e. The Balaban J connectivity index is 1.15. The maximum atomic E-state index is 12.6. The zero-order valence-corrected chi connectivity index (χ0v) is 19.4. The lowest BCUT2D eigenvalue weighted by atomic mass is 10.1. The summed E-state index contributed by atoms with van der Waals surface area (Å²) < 4.78 is 5.30. The number of amides is 1. The van der Waals surface area contributed by atoms with E-state index in [-0.39, 0.29) is 5.91 Å².